The van der Waals surface area contributed by atoms with Crippen LogP contribution in [-0.4, -0.2) is 0 Å². The molecule has 2 aliphatic carbocycles. The van der Waals surface area contributed by atoms with Crippen molar-refractivity contribution in [3.63, 3.8) is 0 Å². The van der Waals surface area contributed by atoms with Crippen LogP contribution in [-0.2, 0) is 19.3 Å². The van der Waals surface area contributed by atoms with Crippen LogP contribution in [0.15, 0.2) is 72.8 Å². The van der Waals surface area contributed by atoms with Crippen molar-refractivity contribution in [2.75, 3.05) is 0 Å². The van der Waals surface area contributed by atoms with E-state index in [0.29, 0.717) is 0 Å². The van der Waals surface area contributed by atoms with E-state index < -0.39 is 0 Å². The SMILES string of the molecule is c1ccc2cc3c(cc2c1)CCC(C1CCCc2cc4ccccc4cc21)C3. The summed E-state index contributed by atoms with van der Waals surface area (Å²) in [6.07, 6.45) is 7.78. The van der Waals surface area contributed by atoms with E-state index >= 15 is 0 Å². The van der Waals surface area contributed by atoms with Crippen LogP contribution in [0.2, 0.25) is 0 Å². The van der Waals surface area contributed by atoms with Crippen LogP contribution < -0.4 is 0 Å². The van der Waals surface area contributed by atoms with Crippen molar-refractivity contribution in [3.8, 4) is 0 Å². The Morgan fingerprint density at radius 2 is 1.18 bits per heavy atom. The molecule has 0 spiro atoms. The molecular formula is C28H26. The molecule has 138 valence electrons. The summed E-state index contributed by atoms with van der Waals surface area (Å²) in [5.74, 6) is 1.52. The topological polar surface area (TPSA) is 0 Å². The second kappa shape index (κ2) is 6.48. The van der Waals surface area contributed by atoms with E-state index in [0.717, 1.165) is 11.8 Å². The third-order valence-electron chi connectivity index (χ3n) is 7.27. The summed E-state index contributed by atoms with van der Waals surface area (Å²) in [6.45, 7) is 0. The Morgan fingerprint density at radius 3 is 1.89 bits per heavy atom. The van der Waals surface area contributed by atoms with Gasteiger partial charge in [0, 0.05) is 0 Å². The number of benzene rings is 4. The molecular weight excluding hydrogens is 336 g/mol. The molecule has 0 saturated carbocycles. The zero-order chi connectivity index (χ0) is 18.5. The third-order valence-corrected chi connectivity index (χ3v) is 7.27. The van der Waals surface area contributed by atoms with Gasteiger partial charge in [-0.3, -0.25) is 0 Å². The molecule has 4 aromatic carbocycles. The Kier molecular flexibility index (Phi) is 3.79. The van der Waals surface area contributed by atoms with Crippen LogP contribution >= 0.6 is 0 Å². The number of rotatable bonds is 1. The maximum atomic E-state index is 2.52. The van der Waals surface area contributed by atoms with Gasteiger partial charge in [-0.05, 0) is 94.2 Å². The van der Waals surface area contributed by atoms with Gasteiger partial charge in [0.25, 0.3) is 0 Å². The molecule has 0 aromatic heterocycles. The molecule has 2 aliphatic rings. The third kappa shape index (κ3) is 2.66. The predicted molar refractivity (Wildman–Crippen MR) is 119 cm³/mol. The Labute approximate surface area is 167 Å². The van der Waals surface area contributed by atoms with Gasteiger partial charge in [0.2, 0.25) is 0 Å². The minimum absolute atomic E-state index is 0.730. The Morgan fingerprint density at radius 1 is 0.571 bits per heavy atom. The maximum absolute atomic E-state index is 2.52. The molecule has 28 heavy (non-hydrogen) atoms. The molecule has 0 heterocycles. The summed E-state index contributed by atoms with van der Waals surface area (Å²) in [6, 6.07) is 27.6. The number of hydrogen-bond donors (Lipinski definition) is 0. The van der Waals surface area contributed by atoms with Crippen LogP contribution in [0, 0.1) is 5.92 Å². The van der Waals surface area contributed by atoms with Gasteiger partial charge in [-0.25, -0.2) is 0 Å². The van der Waals surface area contributed by atoms with Gasteiger partial charge in [-0.15, -0.1) is 0 Å². The van der Waals surface area contributed by atoms with Crippen molar-refractivity contribution in [1.29, 1.82) is 0 Å². The first-order valence-electron chi connectivity index (χ1n) is 10.9. The fraction of sp³-hybridized carbons (Fsp3) is 0.286. The highest BCUT2D eigenvalue weighted by molar-refractivity contribution is 5.85. The minimum Gasteiger partial charge on any atom is -0.0616 e. The fourth-order valence-corrected chi connectivity index (χ4v) is 5.85. The zero-order valence-corrected chi connectivity index (χ0v) is 16.3. The van der Waals surface area contributed by atoms with E-state index in [4.69, 9.17) is 0 Å². The minimum atomic E-state index is 0.730. The normalized spacial score (nSPS) is 21.4. The molecule has 0 amide bonds. The van der Waals surface area contributed by atoms with Crippen LogP contribution in [0.5, 0.6) is 0 Å². The van der Waals surface area contributed by atoms with Crippen molar-refractivity contribution in [2.45, 2.75) is 44.4 Å². The highest BCUT2D eigenvalue weighted by Gasteiger charge is 2.31. The summed E-state index contributed by atoms with van der Waals surface area (Å²) < 4.78 is 0. The summed E-state index contributed by atoms with van der Waals surface area (Å²) in [4.78, 5) is 0. The van der Waals surface area contributed by atoms with Crippen molar-refractivity contribution in [2.24, 2.45) is 5.92 Å². The monoisotopic (exact) mass is 362 g/mol. The lowest BCUT2D eigenvalue weighted by molar-refractivity contribution is 0.342. The van der Waals surface area contributed by atoms with E-state index in [1.165, 1.54) is 60.1 Å². The standard InChI is InChI=1S/C28H26/c1-2-8-21-16-26-17-25(13-12-23(26)14-19(21)6-1)27-11-5-10-24-15-20-7-3-4-9-22(20)18-28(24)27/h1-4,6-9,14-16,18,25,27H,5,10-13,17H2. The molecule has 0 bridgehead atoms. The highest BCUT2D eigenvalue weighted by Crippen LogP contribution is 2.44. The van der Waals surface area contributed by atoms with Crippen LogP contribution in [0.3, 0.4) is 0 Å². The van der Waals surface area contributed by atoms with Gasteiger partial charge in [0.15, 0.2) is 0 Å². The molecule has 0 fully saturated rings. The summed E-state index contributed by atoms with van der Waals surface area (Å²) in [5.41, 5.74) is 6.45. The van der Waals surface area contributed by atoms with Gasteiger partial charge >= 0.3 is 0 Å². The fourth-order valence-electron chi connectivity index (χ4n) is 5.85. The van der Waals surface area contributed by atoms with Crippen LogP contribution in [0.1, 0.15) is 47.4 Å². The average molecular weight is 363 g/mol. The first-order valence-corrected chi connectivity index (χ1v) is 10.9. The van der Waals surface area contributed by atoms with Crippen molar-refractivity contribution >= 4 is 21.5 Å². The lowest BCUT2D eigenvalue weighted by atomic mass is 9.69. The zero-order valence-electron chi connectivity index (χ0n) is 16.3. The number of aryl methyl sites for hydroxylation is 2. The average Bonchev–Trinajstić information content (AvgIpc) is 2.75. The summed E-state index contributed by atoms with van der Waals surface area (Å²) in [7, 11) is 0. The Bertz CT molecular complexity index is 1180. The van der Waals surface area contributed by atoms with E-state index in [-0.39, 0.29) is 0 Å². The lowest BCUT2D eigenvalue weighted by Crippen LogP contribution is -2.24. The quantitative estimate of drug-likeness (QED) is 0.335. The van der Waals surface area contributed by atoms with Gasteiger partial charge in [0.05, 0.1) is 0 Å². The van der Waals surface area contributed by atoms with Crippen molar-refractivity contribution < 1.29 is 0 Å². The van der Waals surface area contributed by atoms with E-state index in [9.17, 15) is 0 Å². The number of hydrogen-bond acceptors (Lipinski definition) is 0. The highest BCUT2D eigenvalue weighted by atomic mass is 14.4. The van der Waals surface area contributed by atoms with Crippen molar-refractivity contribution in [3.05, 3.63) is 95.1 Å². The molecule has 2 atom stereocenters. The number of fused-ring (bicyclic) bond motifs is 4. The molecule has 6 rings (SSSR count). The molecule has 0 saturated heterocycles. The summed E-state index contributed by atoms with van der Waals surface area (Å²) >= 11 is 0. The lowest BCUT2D eigenvalue weighted by Gasteiger charge is -2.36. The van der Waals surface area contributed by atoms with Crippen LogP contribution in [0.25, 0.3) is 21.5 Å². The first kappa shape index (κ1) is 16.4. The summed E-state index contributed by atoms with van der Waals surface area (Å²) in [5, 5.41) is 5.61. The molecule has 2 unspecified atom stereocenters. The molecule has 0 nitrogen and oxygen atoms in total. The van der Waals surface area contributed by atoms with E-state index in [2.05, 4.69) is 72.8 Å². The molecule has 0 radical (unpaired) electrons. The molecule has 4 aromatic rings. The molecule has 0 aliphatic heterocycles. The molecule has 0 heteroatoms. The van der Waals surface area contributed by atoms with E-state index in [1.807, 2.05) is 0 Å². The first-order chi connectivity index (χ1) is 13.8. The molecule has 0 N–H and O–H groups in total. The smallest absolute Gasteiger partial charge is 0.0127 e. The van der Waals surface area contributed by atoms with Gasteiger partial charge in [-0.1, -0.05) is 72.8 Å². The van der Waals surface area contributed by atoms with E-state index in [1.54, 1.807) is 22.3 Å². The van der Waals surface area contributed by atoms with Gasteiger partial charge < -0.3 is 0 Å². The second-order valence-corrected chi connectivity index (χ2v) is 8.87. The van der Waals surface area contributed by atoms with Crippen LogP contribution in [0.4, 0.5) is 0 Å². The largest absolute Gasteiger partial charge is 0.0616 e. The van der Waals surface area contributed by atoms with Gasteiger partial charge in [0.1, 0.15) is 0 Å². The second-order valence-electron chi connectivity index (χ2n) is 8.87. The van der Waals surface area contributed by atoms with Crippen molar-refractivity contribution in [1.82, 2.24) is 0 Å². The van der Waals surface area contributed by atoms with Gasteiger partial charge in [-0.2, -0.15) is 0 Å². The Balaban J connectivity index is 1.39. The maximum Gasteiger partial charge on any atom is -0.0127 e. The Hall–Kier alpha value is -2.60. The predicted octanol–water partition coefficient (Wildman–Crippen LogP) is 7.22.